The molecule has 1 heterocycles. The van der Waals surface area contributed by atoms with Crippen molar-refractivity contribution < 1.29 is 19.1 Å². The molecule has 1 aliphatic heterocycles. The van der Waals surface area contributed by atoms with E-state index in [2.05, 4.69) is 5.32 Å². The summed E-state index contributed by atoms with van der Waals surface area (Å²) in [5.74, 6) is 0.326. The summed E-state index contributed by atoms with van der Waals surface area (Å²) in [7, 11) is 1.51. The van der Waals surface area contributed by atoms with Gasteiger partial charge in [0.25, 0.3) is 11.8 Å². The Hall–Kier alpha value is -3.33. The van der Waals surface area contributed by atoms with E-state index in [0.29, 0.717) is 31.4 Å². The first-order chi connectivity index (χ1) is 16.9. The lowest BCUT2D eigenvalue weighted by Gasteiger charge is -2.16. The van der Waals surface area contributed by atoms with Gasteiger partial charge < -0.3 is 14.8 Å². The summed E-state index contributed by atoms with van der Waals surface area (Å²) in [5.41, 5.74) is 3.06. The Morgan fingerprint density at radius 1 is 1.11 bits per heavy atom. The minimum absolute atomic E-state index is 0.175. The number of nitrogens with zero attached hydrogens (tertiary/aromatic N) is 1. The van der Waals surface area contributed by atoms with Crippen LogP contribution < -0.4 is 19.7 Å². The quantitative estimate of drug-likeness (QED) is 0.298. The molecule has 0 saturated carbocycles. The monoisotopic (exact) mass is 524 g/mol. The van der Waals surface area contributed by atoms with Gasteiger partial charge in [-0.15, -0.1) is 0 Å². The molecular formula is C26H21ClN2O4S2. The summed E-state index contributed by atoms with van der Waals surface area (Å²) in [6, 6.07) is 19.7. The van der Waals surface area contributed by atoms with Gasteiger partial charge in [-0.1, -0.05) is 65.9 Å². The van der Waals surface area contributed by atoms with Crippen LogP contribution in [0.4, 0.5) is 11.4 Å². The molecule has 4 rings (SSSR count). The number of benzene rings is 3. The van der Waals surface area contributed by atoms with Crippen LogP contribution in [0.25, 0.3) is 6.08 Å². The van der Waals surface area contributed by atoms with E-state index in [9.17, 15) is 9.59 Å². The van der Waals surface area contributed by atoms with Crippen LogP contribution >= 0.6 is 35.6 Å². The van der Waals surface area contributed by atoms with Crippen LogP contribution in [0.1, 0.15) is 11.1 Å². The summed E-state index contributed by atoms with van der Waals surface area (Å²) < 4.78 is 11.6. The van der Waals surface area contributed by atoms with Gasteiger partial charge in [0.1, 0.15) is 0 Å². The second kappa shape index (κ2) is 10.9. The van der Waals surface area contributed by atoms with Crippen LogP contribution in [0, 0.1) is 6.92 Å². The molecule has 6 nitrogen and oxygen atoms in total. The van der Waals surface area contributed by atoms with Crippen LogP contribution in [0.15, 0.2) is 71.6 Å². The second-order valence-corrected chi connectivity index (χ2v) is 9.67. The number of nitrogens with one attached hydrogen (secondary N) is 1. The molecule has 0 aromatic heterocycles. The largest absolute Gasteiger partial charge is 0.493 e. The Labute approximate surface area is 217 Å². The van der Waals surface area contributed by atoms with Crippen LogP contribution in [0.3, 0.4) is 0 Å². The zero-order chi connectivity index (χ0) is 24.9. The van der Waals surface area contributed by atoms with Gasteiger partial charge in [0.2, 0.25) is 0 Å². The zero-order valence-corrected chi connectivity index (χ0v) is 21.3. The molecule has 1 aliphatic rings. The van der Waals surface area contributed by atoms with Crippen molar-refractivity contribution in [1.29, 1.82) is 0 Å². The fraction of sp³-hybridized carbons (Fsp3) is 0.115. The number of ether oxygens (including phenoxy) is 2. The van der Waals surface area contributed by atoms with Gasteiger partial charge >= 0.3 is 0 Å². The van der Waals surface area contributed by atoms with Crippen molar-refractivity contribution in [2.24, 2.45) is 0 Å². The van der Waals surface area contributed by atoms with E-state index in [4.69, 9.17) is 33.3 Å². The van der Waals surface area contributed by atoms with Gasteiger partial charge in [-0.05, 0) is 60.5 Å². The van der Waals surface area contributed by atoms with Crippen molar-refractivity contribution in [2.75, 3.05) is 23.9 Å². The Morgan fingerprint density at radius 3 is 2.66 bits per heavy atom. The van der Waals surface area contributed by atoms with Crippen molar-refractivity contribution in [3.8, 4) is 11.5 Å². The van der Waals surface area contributed by atoms with Crippen molar-refractivity contribution in [3.05, 3.63) is 87.8 Å². The molecule has 2 amide bonds. The highest BCUT2D eigenvalue weighted by Gasteiger charge is 2.34. The maximum absolute atomic E-state index is 13.1. The molecule has 9 heteroatoms. The van der Waals surface area contributed by atoms with E-state index < -0.39 is 0 Å². The molecule has 0 aliphatic carbocycles. The molecule has 3 aromatic rings. The van der Waals surface area contributed by atoms with Gasteiger partial charge in [-0.2, -0.15) is 0 Å². The van der Waals surface area contributed by atoms with Gasteiger partial charge in [0.15, 0.2) is 22.4 Å². The number of thioether (sulfide) groups is 1. The van der Waals surface area contributed by atoms with Gasteiger partial charge in [0.05, 0.1) is 17.7 Å². The molecule has 1 saturated heterocycles. The van der Waals surface area contributed by atoms with Gasteiger partial charge in [0, 0.05) is 10.7 Å². The highest BCUT2D eigenvalue weighted by Crippen LogP contribution is 2.38. The molecule has 0 radical (unpaired) electrons. The number of hydrogen-bond acceptors (Lipinski definition) is 6. The lowest BCUT2D eigenvalue weighted by atomic mass is 10.1. The lowest BCUT2D eigenvalue weighted by molar-refractivity contribution is -0.118. The standard InChI is InChI=1S/C26H21ClN2O4S2/c1-16-6-3-4-9-20(16)29-25(31)23(35-26(29)34)13-17-10-11-21(22(12-17)32-2)33-15-24(30)28-19-8-5-7-18(27)14-19/h3-14H,15H2,1-2H3,(H,28,30)/b23-13-. The fourth-order valence-electron chi connectivity index (χ4n) is 3.44. The Balaban J connectivity index is 1.46. The van der Waals surface area contributed by atoms with E-state index >= 15 is 0 Å². The topological polar surface area (TPSA) is 67.9 Å². The van der Waals surface area contributed by atoms with Crippen molar-refractivity contribution in [3.63, 3.8) is 0 Å². The molecule has 3 aromatic carbocycles. The maximum Gasteiger partial charge on any atom is 0.270 e. The van der Waals surface area contributed by atoms with Crippen LogP contribution in [0.5, 0.6) is 11.5 Å². The van der Waals surface area contributed by atoms with E-state index in [0.717, 1.165) is 16.8 Å². The molecule has 1 fully saturated rings. The summed E-state index contributed by atoms with van der Waals surface area (Å²) in [5, 5.41) is 3.25. The number of carbonyl (C=O) groups excluding carboxylic acids is 2. The molecule has 178 valence electrons. The number of rotatable bonds is 7. The lowest BCUT2D eigenvalue weighted by Crippen LogP contribution is -2.28. The average molecular weight is 525 g/mol. The highest BCUT2D eigenvalue weighted by atomic mass is 35.5. The SMILES string of the molecule is COc1cc(/C=C2\SC(=S)N(c3ccccc3C)C2=O)ccc1OCC(=O)Nc1cccc(Cl)c1. The fourth-order valence-corrected chi connectivity index (χ4v) is 4.92. The van der Waals surface area contributed by atoms with Gasteiger partial charge in [-0.3, -0.25) is 14.5 Å². The molecule has 35 heavy (non-hydrogen) atoms. The van der Waals surface area contributed by atoms with Gasteiger partial charge in [-0.25, -0.2) is 0 Å². The minimum atomic E-state index is -0.335. The Morgan fingerprint density at radius 2 is 1.91 bits per heavy atom. The van der Waals surface area contributed by atoms with E-state index in [1.165, 1.54) is 18.9 Å². The van der Waals surface area contributed by atoms with Crippen molar-refractivity contribution >= 4 is 69.2 Å². The van der Waals surface area contributed by atoms with E-state index in [1.54, 1.807) is 53.4 Å². The Bertz CT molecular complexity index is 1340. The Kier molecular flexibility index (Phi) is 7.75. The number of thiocarbonyl (C=S) groups is 1. The summed E-state index contributed by atoms with van der Waals surface area (Å²) >= 11 is 12.7. The third-order valence-electron chi connectivity index (χ3n) is 5.10. The number of aryl methyl sites for hydroxylation is 1. The number of methoxy groups -OCH3 is 1. The zero-order valence-electron chi connectivity index (χ0n) is 18.9. The first-order valence-corrected chi connectivity index (χ1v) is 12.2. The molecular weight excluding hydrogens is 504 g/mol. The summed E-state index contributed by atoms with van der Waals surface area (Å²) in [4.78, 5) is 27.4. The second-order valence-electron chi connectivity index (χ2n) is 7.56. The third kappa shape index (κ3) is 5.85. The number of hydrogen-bond donors (Lipinski definition) is 1. The normalized spacial score (nSPS) is 14.4. The van der Waals surface area contributed by atoms with Crippen LogP contribution in [0.2, 0.25) is 5.02 Å². The molecule has 0 unspecified atom stereocenters. The first kappa shape index (κ1) is 24.8. The predicted molar refractivity (Wildman–Crippen MR) is 145 cm³/mol. The molecule has 0 atom stereocenters. The van der Waals surface area contributed by atoms with E-state index in [1.807, 2.05) is 31.2 Å². The molecule has 0 bridgehead atoms. The summed E-state index contributed by atoms with van der Waals surface area (Å²) in [6.07, 6.45) is 1.76. The number of para-hydroxylation sites is 1. The van der Waals surface area contributed by atoms with Crippen molar-refractivity contribution in [2.45, 2.75) is 6.92 Å². The van der Waals surface area contributed by atoms with E-state index in [-0.39, 0.29) is 18.4 Å². The molecule has 1 N–H and O–H groups in total. The summed E-state index contributed by atoms with van der Waals surface area (Å²) in [6.45, 7) is 1.73. The van der Waals surface area contributed by atoms with Crippen molar-refractivity contribution in [1.82, 2.24) is 0 Å². The predicted octanol–water partition coefficient (Wildman–Crippen LogP) is 6.08. The highest BCUT2D eigenvalue weighted by molar-refractivity contribution is 8.27. The smallest absolute Gasteiger partial charge is 0.270 e. The number of anilines is 2. The number of amides is 2. The minimum Gasteiger partial charge on any atom is -0.493 e. The third-order valence-corrected chi connectivity index (χ3v) is 6.64. The average Bonchev–Trinajstić information content (AvgIpc) is 3.11. The van der Waals surface area contributed by atoms with Crippen LogP contribution in [-0.4, -0.2) is 29.9 Å². The van der Waals surface area contributed by atoms with Crippen LogP contribution in [-0.2, 0) is 9.59 Å². The maximum atomic E-state index is 13.1. The first-order valence-electron chi connectivity index (χ1n) is 10.6. The number of halogens is 1. The number of carbonyl (C=O) groups is 2. The molecule has 0 spiro atoms.